The monoisotopic (exact) mass is 355 g/mol. The van der Waals surface area contributed by atoms with Crippen molar-refractivity contribution in [3.8, 4) is 11.5 Å². The van der Waals surface area contributed by atoms with Gasteiger partial charge in [-0.15, -0.1) is 0 Å². The fourth-order valence-corrected chi connectivity index (χ4v) is 3.55. The topological polar surface area (TPSA) is 50.7 Å². The van der Waals surface area contributed by atoms with Crippen LogP contribution in [-0.4, -0.2) is 24.0 Å². The minimum Gasteiger partial charge on any atom is -0.454 e. The molecule has 1 aliphatic heterocycles. The molecule has 1 aliphatic carbocycles. The molecule has 1 heterocycles. The number of aliphatic hydroxyl groups is 1. The molecule has 4 nitrogen and oxygen atoms in total. The molecule has 0 bridgehead atoms. The number of nitrogens with one attached hydrogen (secondary N) is 1. The first-order chi connectivity index (χ1) is 10.2. The van der Waals surface area contributed by atoms with E-state index in [1.807, 2.05) is 12.1 Å². The zero-order valence-corrected chi connectivity index (χ0v) is 13.7. The smallest absolute Gasteiger partial charge is 0.231 e. The summed E-state index contributed by atoms with van der Waals surface area (Å²) < 4.78 is 11.8. The van der Waals surface area contributed by atoms with Crippen molar-refractivity contribution in [2.45, 2.75) is 50.7 Å². The average Bonchev–Trinajstić information content (AvgIpc) is 2.79. The second-order valence-electron chi connectivity index (χ2n) is 6.04. The summed E-state index contributed by atoms with van der Waals surface area (Å²) in [6.45, 7) is 1.64. The largest absolute Gasteiger partial charge is 0.454 e. The SMILES string of the molecule is OC1(CNCc2cc3c(cc2Br)OCO3)CCCCCC1. The van der Waals surface area contributed by atoms with Crippen LogP contribution < -0.4 is 14.8 Å². The van der Waals surface area contributed by atoms with Gasteiger partial charge in [0.15, 0.2) is 11.5 Å². The lowest BCUT2D eigenvalue weighted by molar-refractivity contribution is 0.0250. The lowest BCUT2D eigenvalue weighted by Crippen LogP contribution is -2.39. The van der Waals surface area contributed by atoms with Crippen molar-refractivity contribution >= 4 is 15.9 Å². The molecule has 0 atom stereocenters. The minimum atomic E-state index is -0.542. The molecule has 3 rings (SSSR count). The summed E-state index contributed by atoms with van der Waals surface area (Å²) >= 11 is 3.56. The second-order valence-corrected chi connectivity index (χ2v) is 6.89. The molecule has 5 heteroatoms. The normalized spacial score (nSPS) is 20.3. The fraction of sp³-hybridized carbons (Fsp3) is 0.625. The molecule has 1 saturated carbocycles. The summed E-state index contributed by atoms with van der Waals surface area (Å²) in [6, 6.07) is 3.94. The van der Waals surface area contributed by atoms with Crippen molar-refractivity contribution in [2.75, 3.05) is 13.3 Å². The Morgan fingerprint density at radius 1 is 1.10 bits per heavy atom. The zero-order chi connectivity index (χ0) is 14.7. The lowest BCUT2D eigenvalue weighted by Gasteiger charge is -2.27. The molecule has 116 valence electrons. The van der Waals surface area contributed by atoms with Crippen molar-refractivity contribution in [2.24, 2.45) is 0 Å². The first-order valence-electron chi connectivity index (χ1n) is 7.67. The predicted octanol–water partition coefficient (Wildman–Crippen LogP) is 3.35. The highest BCUT2D eigenvalue weighted by Gasteiger charge is 2.27. The molecule has 0 radical (unpaired) electrons. The van der Waals surface area contributed by atoms with Gasteiger partial charge in [0.05, 0.1) is 5.60 Å². The highest BCUT2D eigenvalue weighted by molar-refractivity contribution is 9.10. The number of rotatable bonds is 4. The number of fused-ring (bicyclic) bond motifs is 1. The summed E-state index contributed by atoms with van der Waals surface area (Å²) in [6.07, 6.45) is 6.56. The van der Waals surface area contributed by atoms with Gasteiger partial charge >= 0.3 is 0 Å². The Balaban J connectivity index is 1.58. The van der Waals surface area contributed by atoms with E-state index >= 15 is 0 Å². The van der Waals surface area contributed by atoms with E-state index in [1.54, 1.807) is 0 Å². The van der Waals surface area contributed by atoms with Gasteiger partial charge in [0.25, 0.3) is 0 Å². The van der Waals surface area contributed by atoms with Crippen LogP contribution in [0.3, 0.4) is 0 Å². The number of hydrogen-bond donors (Lipinski definition) is 2. The summed E-state index contributed by atoms with van der Waals surface area (Å²) in [5.41, 5.74) is 0.579. The Kier molecular flexibility index (Phi) is 4.72. The predicted molar refractivity (Wildman–Crippen MR) is 84.6 cm³/mol. The Bertz CT molecular complexity index is 499. The quantitative estimate of drug-likeness (QED) is 0.813. The van der Waals surface area contributed by atoms with E-state index in [0.29, 0.717) is 19.9 Å². The van der Waals surface area contributed by atoms with Crippen molar-refractivity contribution in [3.63, 3.8) is 0 Å². The van der Waals surface area contributed by atoms with E-state index in [9.17, 15) is 5.11 Å². The molecule has 21 heavy (non-hydrogen) atoms. The molecule has 0 spiro atoms. The molecule has 0 saturated heterocycles. The van der Waals surface area contributed by atoms with Crippen LogP contribution in [0.1, 0.15) is 44.1 Å². The summed E-state index contributed by atoms with van der Waals surface area (Å²) in [4.78, 5) is 0. The van der Waals surface area contributed by atoms with Gasteiger partial charge in [-0.2, -0.15) is 0 Å². The second kappa shape index (κ2) is 6.55. The van der Waals surface area contributed by atoms with E-state index in [0.717, 1.165) is 47.2 Å². The third-order valence-corrected chi connectivity index (χ3v) is 5.08. The fourth-order valence-electron chi connectivity index (χ4n) is 3.09. The van der Waals surface area contributed by atoms with Crippen LogP contribution in [-0.2, 0) is 6.54 Å². The maximum Gasteiger partial charge on any atom is 0.231 e. The van der Waals surface area contributed by atoms with Crippen LogP contribution in [0.5, 0.6) is 11.5 Å². The third kappa shape index (κ3) is 3.71. The maximum absolute atomic E-state index is 10.6. The Hall–Kier alpha value is -0.780. The first-order valence-corrected chi connectivity index (χ1v) is 8.47. The van der Waals surface area contributed by atoms with E-state index < -0.39 is 5.60 Å². The van der Waals surface area contributed by atoms with E-state index in [1.165, 1.54) is 12.8 Å². The van der Waals surface area contributed by atoms with Gasteiger partial charge in [-0.05, 0) is 30.5 Å². The summed E-state index contributed by atoms with van der Waals surface area (Å²) in [5.74, 6) is 1.58. The van der Waals surface area contributed by atoms with Gasteiger partial charge in [-0.25, -0.2) is 0 Å². The van der Waals surface area contributed by atoms with Gasteiger partial charge in [0, 0.05) is 17.6 Å². The number of hydrogen-bond acceptors (Lipinski definition) is 4. The van der Waals surface area contributed by atoms with Gasteiger partial charge in [0.2, 0.25) is 6.79 Å². The van der Waals surface area contributed by atoms with Crippen LogP contribution in [0.15, 0.2) is 16.6 Å². The van der Waals surface area contributed by atoms with Crippen LogP contribution in [0.25, 0.3) is 0 Å². The Labute approximate surface area is 134 Å². The van der Waals surface area contributed by atoms with Crippen molar-refractivity contribution in [1.82, 2.24) is 5.32 Å². The van der Waals surface area contributed by atoms with Crippen LogP contribution in [0.2, 0.25) is 0 Å². The van der Waals surface area contributed by atoms with E-state index in [4.69, 9.17) is 9.47 Å². The number of ether oxygens (including phenoxy) is 2. The molecule has 0 amide bonds. The Morgan fingerprint density at radius 2 is 1.76 bits per heavy atom. The molecule has 2 aliphatic rings. The van der Waals surface area contributed by atoms with Gasteiger partial charge in [0.1, 0.15) is 0 Å². The van der Waals surface area contributed by atoms with Gasteiger partial charge in [-0.3, -0.25) is 0 Å². The third-order valence-electron chi connectivity index (χ3n) is 4.35. The molecule has 1 aromatic rings. The summed E-state index contributed by atoms with van der Waals surface area (Å²) in [7, 11) is 0. The van der Waals surface area contributed by atoms with E-state index in [-0.39, 0.29) is 0 Å². The van der Waals surface area contributed by atoms with Crippen molar-refractivity contribution in [1.29, 1.82) is 0 Å². The number of benzene rings is 1. The molecule has 1 aromatic carbocycles. The Morgan fingerprint density at radius 3 is 2.48 bits per heavy atom. The highest BCUT2D eigenvalue weighted by atomic mass is 79.9. The molecular formula is C16H22BrNO3. The maximum atomic E-state index is 10.6. The molecule has 0 aromatic heterocycles. The average molecular weight is 356 g/mol. The molecular weight excluding hydrogens is 334 g/mol. The molecule has 2 N–H and O–H groups in total. The lowest BCUT2D eigenvalue weighted by atomic mass is 9.94. The first kappa shape index (κ1) is 15.1. The van der Waals surface area contributed by atoms with Gasteiger partial charge < -0.3 is 19.9 Å². The summed E-state index contributed by atoms with van der Waals surface area (Å²) in [5, 5.41) is 14.0. The molecule has 0 unspecified atom stereocenters. The highest BCUT2D eigenvalue weighted by Crippen LogP contribution is 2.37. The van der Waals surface area contributed by atoms with Crippen LogP contribution >= 0.6 is 15.9 Å². The van der Waals surface area contributed by atoms with Crippen LogP contribution in [0, 0.1) is 0 Å². The minimum absolute atomic E-state index is 0.290. The van der Waals surface area contributed by atoms with Crippen molar-refractivity contribution in [3.05, 3.63) is 22.2 Å². The van der Waals surface area contributed by atoms with Crippen LogP contribution in [0.4, 0.5) is 0 Å². The van der Waals surface area contributed by atoms with E-state index in [2.05, 4.69) is 21.2 Å². The zero-order valence-electron chi connectivity index (χ0n) is 12.2. The number of halogens is 1. The standard InChI is InChI=1S/C16H22BrNO3/c17-13-8-15-14(20-11-21-15)7-12(13)9-18-10-16(19)5-3-1-2-4-6-16/h7-8,18-19H,1-6,9-11H2. The molecule has 1 fully saturated rings. The van der Waals surface area contributed by atoms with Gasteiger partial charge in [-0.1, -0.05) is 41.6 Å². The van der Waals surface area contributed by atoms with Crippen molar-refractivity contribution < 1.29 is 14.6 Å².